The highest BCUT2D eigenvalue weighted by atomic mass is 32.2. The van der Waals surface area contributed by atoms with Crippen molar-refractivity contribution in [2.75, 3.05) is 0 Å². The number of aryl methyl sites for hydroxylation is 1. The summed E-state index contributed by atoms with van der Waals surface area (Å²) in [4.78, 5) is 36.3. The van der Waals surface area contributed by atoms with Crippen molar-refractivity contribution in [1.82, 2.24) is 9.47 Å². The largest absolute Gasteiger partial charge is 0.357 e. The molecule has 2 heterocycles. The Kier molecular flexibility index (Phi) is 4.22. The highest BCUT2D eigenvalue weighted by Crippen LogP contribution is 2.33. The number of thioether (sulfide) groups is 1. The van der Waals surface area contributed by atoms with Gasteiger partial charge < -0.3 is 4.57 Å². The smallest absolute Gasteiger partial charge is 0.293 e. The lowest BCUT2D eigenvalue weighted by atomic mass is 10.2. The number of nitro benzene ring substituents is 1. The first-order valence-corrected chi connectivity index (χ1v) is 7.86. The van der Waals surface area contributed by atoms with Gasteiger partial charge in [-0.15, -0.1) is 0 Å². The highest BCUT2D eigenvalue weighted by Gasteiger charge is 2.35. The molecule has 1 aliphatic rings. The summed E-state index contributed by atoms with van der Waals surface area (Å²) in [6, 6.07) is 7.76. The summed E-state index contributed by atoms with van der Waals surface area (Å²) >= 11 is 0.871. The highest BCUT2D eigenvalue weighted by molar-refractivity contribution is 8.18. The van der Waals surface area contributed by atoms with Crippen molar-refractivity contribution in [3.63, 3.8) is 0 Å². The summed E-state index contributed by atoms with van der Waals surface area (Å²) in [6.45, 7) is 0.0124. The lowest BCUT2D eigenvalue weighted by Gasteiger charge is -2.12. The van der Waals surface area contributed by atoms with Gasteiger partial charge in [-0.05, 0) is 35.0 Å². The van der Waals surface area contributed by atoms with Gasteiger partial charge >= 0.3 is 0 Å². The number of amides is 2. The first-order valence-electron chi connectivity index (χ1n) is 7.05. The third-order valence-corrected chi connectivity index (χ3v) is 4.40. The van der Waals surface area contributed by atoms with Crippen LogP contribution >= 0.6 is 11.8 Å². The van der Waals surface area contributed by atoms with Gasteiger partial charge in [0.05, 0.1) is 16.4 Å². The van der Waals surface area contributed by atoms with E-state index in [1.54, 1.807) is 12.1 Å². The normalized spacial score (nSPS) is 16.2. The Morgan fingerprint density at radius 1 is 1.29 bits per heavy atom. The summed E-state index contributed by atoms with van der Waals surface area (Å²) in [5, 5.41) is 10.4. The van der Waals surface area contributed by atoms with Crippen molar-refractivity contribution < 1.29 is 14.5 Å². The minimum Gasteiger partial charge on any atom is -0.357 e. The summed E-state index contributed by atoms with van der Waals surface area (Å²) < 4.78 is 1.85. The van der Waals surface area contributed by atoms with Crippen LogP contribution in [0, 0.1) is 10.1 Å². The molecule has 3 rings (SSSR count). The summed E-state index contributed by atoms with van der Waals surface area (Å²) in [5.41, 5.74) is 1.30. The van der Waals surface area contributed by atoms with Crippen LogP contribution in [0.2, 0.25) is 0 Å². The standard InChI is InChI=1S/C16H13N3O4S/c1-17-6-5-12(9-17)8-14-15(20)18(16(21)24-14)10-11-3-2-4-13(7-11)19(22)23/h2-9H,10H2,1H3/b14-8+. The number of hydrogen-bond acceptors (Lipinski definition) is 5. The molecule has 0 saturated carbocycles. The Bertz CT molecular complexity index is 872. The van der Waals surface area contributed by atoms with Gasteiger partial charge in [-0.3, -0.25) is 24.6 Å². The van der Waals surface area contributed by atoms with Crippen LogP contribution in [0.25, 0.3) is 6.08 Å². The summed E-state index contributed by atoms with van der Waals surface area (Å²) in [5.74, 6) is -0.389. The molecule has 24 heavy (non-hydrogen) atoms. The Balaban J connectivity index is 1.81. The van der Waals surface area contributed by atoms with Gasteiger partial charge in [0.2, 0.25) is 0 Å². The molecule has 8 heteroatoms. The lowest BCUT2D eigenvalue weighted by molar-refractivity contribution is -0.384. The van der Waals surface area contributed by atoms with Gasteiger partial charge in [-0.2, -0.15) is 0 Å². The van der Waals surface area contributed by atoms with E-state index in [0.717, 1.165) is 22.2 Å². The van der Waals surface area contributed by atoms with Crippen LogP contribution in [-0.2, 0) is 18.4 Å². The van der Waals surface area contributed by atoms with Gasteiger partial charge in [0.25, 0.3) is 16.8 Å². The minimum absolute atomic E-state index is 0.0124. The molecule has 0 aliphatic carbocycles. The summed E-state index contributed by atoms with van der Waals surface area (Å²) in [7, 11) is 1.87. The zero-order chi connectivity index (χ0) is 17.3. The number of benzene rings is 1. The molecule has 1 aromatic carbocycles. The molecule has 0 spiro atoms. The Labute approximate surface area is 141 Å². The van der Waals surface area contributed by atoms with Crippen molar-refractivity contribution in [3.8, 4) is 0 Å². The maximum atomic E-state index is 12.4. The van der Waals surface area contributed by atoms with Crippen molar-refractivity contribution >= 4 is 34.7 Å². The molecule has 1 fully saturated rings. The molecule has 7 nitrogen and oxygen atoms in total. The van der Waals surface area contributed by atoms with Crippen molar-refractivity contribution in [2.45, 2.75) is 6.54 Å². The number of imide groups is 1. The minimum atomic E-state index is -0.507. The van der Waals surface area contributed by atoms with E-state index in [9.17, 15) is 19.7 Å². The van der Waals surface area contributed by atoms with Crippen LogP contribution in [0.3, 0.4) is 0 Å². The van der Waals surface area contributed by atoms with E-state index in [0.29, 0.717) is 10.5 Å². The van der Waals surface area contributed by atoms with E-state index < -0.39 is 4.92 Å². The number of aromatic nitrogens is 1. The maximum absolute atomic E-state index is 12.4. The lowest BCUT2D eigenvalue weighted by Crippen LogP contribution is -2.27. The average molecular weight is 343 g/mol. The van der Waals surface area contributed by atoms with Crippen molar-refractivity contribution in [2.24, 2.45) is 7.05 Å². The van der Waals surface area contributed by atoms with E-state index in [1.165, 1.54) is 18.2 Å². The van der Waals surface area contributed by atoms with E-state index in [1.807, 2.05) is 30.1 Å². The number of carbonyl (C=O) groups is 2. The summed E-state index contributed by atoms with van der Waals surface area (Å²) in [6.07, 6.45) is 5.35. The number of rotatable bonds is 4. The second kappa shape index (κ2) is 6.32. The molecule has 1 aliphatic heterocycles. The van der Waals surface area contributed by atoms with Crippen LogP contribution in [0.15, 0.2) is 47.6 Å². The quantitative estimate of drug-likeness (QED) is 0.483. The second-order valence-electron chi connectivity index (χ2n) is 5.31. The van der Waals surface area contributed by atoms with E-state index >= 15 is 0 Å². The van der Waals surface area contributed by atoms with Crippen molar-refractivity contribution in [1.29, 1.82) is 0 Å². The Morgan fingerprint density at radius 2 is 2.08 bits per heavy atom. The fraction of sp³-hybridized carbons (Fsp3) is 0.125. The molecule has 2 amide bonds. The predicted molar refractivity (Wildman–Crippen MR) is 90.0 cm³/mol. The van der Waals surface area contributed by atoms with E-state index in [-0.39, 0.29) is 23.4 Å². The molecule has 122 valence electrons. The van der Waals surface area contributed by atoms with Crippen LogP contribution < -0.4 is 0 Å². The first-order chi connectivity index (χ1) is 11.4. The van der Waals surface area contributed by atoms with Gasteiger partial charge in [0, 0.05) is 31.6 Å². The average Bonchev–Trinajstić information content (AvgIpc) is 3.06. The maximum Gasteiger partial charge on any atom is 0.293 e. The zero-order valence-electron chi connectivity index (χ0n) is 12.7. The van der Waals surface area contributed by atoms with E-state index in [2.05, 4.69) is 0 Å². The SMILES string of the molecule is Cn1ccc(/C=C2/SC(=O)N(Cc3cccc([N+](=O)[O-])c3)C2=O)c1. The van der Waals surface area contributed by atoms with Crippen LogP contribution in [0.4, 0.5) is 10.5 Å². The molecular weight excluding hydrogens is 330 g/mol. The van der Waals surface area contributed by atoms with Crippen LogP contribution in [0.1, 0.15) is 11.1 Å². The molecular formula is C16H13N3O4S. The number of nitro groups is 1. The number of hydrogen-bond donors (Lipinski definition) is 0. The molecule has 2 aromatic rings. The Hall–Kier alpha value is -2.87. The number of nitrogens with zero attached hydrogens (tertiary/aromatic N) is 3. The number of carbonyl (C=O) groups excluding carboxylic acids is 2. The molecule has 0 unspecified atom stereocenters. The third-order valence-electron chi connectivity index (χ3n) is 3.49. The molecule has 0 radical (unpaired) electrons. The van der Waals surface area contributed by atoms with Gasteiger partial charge in [-0.1, -0.05) is 12.1 Å². The fourth-order valence-corrected chi connectivity index (χ4v) is 3.19. The topological polar surface area (TPSA) is 85.4 Å². The van der Waals surface area contributed by atoms with Gasteiger partial charge in [0.15, 0.2) is 0 Å². The molecule has 0 bridgehead atoms. The Morgan fingerprint density at radius 3 is 2.75 bits per heavy atom. The van der Waals surface area contributed by atoms with Crippen molar-refractivity contribution in [3.05, 3.63) is 68.9 Å². The molecule has 0 atom stereocenters. The number of non-ortho nitro benzene ring substituents is 1. The molecule has 0 N–H and O–H groups in total. The van der Waals surface area contributed by atoms with Crippen LogP contribution in [-0.4, -0.2) is 25.5 Å². The van der Waals surface area contributed by atoms with Crippen LogP contribution in [0.5, 0.6) is 0 Å². The van der Waals surface area contributed by atoms with E-state index in [4.69, 9.17) is 0 Å². The monoisotopic (exact) mass is 343 g/mol. The fourth-order valence-electron chi connectivity index (χ4n) is 2.35. The molecule has 1 aromatic heterocycles. The molecule has 1 saturated heterocycles. The second-order valence-corrected chi connectivity index (χ2v) is 6.30. The zero-order valence-corrected chi connectivity index (χ0v) is 13.5. The first kappa shape index (κ1) is 16.0. The van der Waals surface area contributed by atoms with Gasteiger partial charge in [0.1, 0.15) is 0 Å². The predicted octanol–water partition coefficient (Wildman–Crippen LogP) is 3.17. The van der Waals surface area contributed by atoms with Gasteiger partial charge in [-0.25, -0.2) is 0 Å². The third kappa shape index (κ3) is 3.23.